The highest BCUT2D eigenvalue weighted by molar-refractivity contribution is 5.81. The van der Waals surface area contributed by atoms with Crippen molar-refractivity contribution in [3.8, 4) is 0 Å². The number of nitrogens with one attached hydrogen (secondary N) is 1. The molecule has 0 saturated heterocycles. The van der Waals surface area contributed by atoms with Crippen LogP contribution in [0.25, 0.3) is 10.8 Å². The number of rotatable bonds is 4. The molecule has 0 fully saturated rings. The van der Waals surface area contributed by atoms with Gasteiger partial charge in [0, 0.05) is 11.6 Å². The molecule has 116 valence electrons. The quantitative estimate of drug-likeness (QED) is 0.770. The maximum Gasteiger partial charge on any atom is 0.275 e. The predicted molar refractivity (Wildman–Crippen MR) is 84.6 cm³/mol. The third kappa shape index (κ3) is 3.39. The average Bonchev–Trinajstić information content (AvgIpc) is 2.57. The zero-order valence-electron chi connectivity index (χ0n) is 12.6. The molecular weight excluding hydrogens is 294 g/mol. The maximum atomic E-state index is 12.3. The molecule has 7 heteroatoms. The van der Waals surface area contributed by atoms with Crippen molar-refractivity contribution in [2.75, 3.05) is 0 Å². The van der Waals surface area contributed by atoms with E-state index in [2.05, 4.69) is 20.4 Å². The van der Waals surface area contributed by atoms with E-state index in [1.54, 1.807) is 30.7 Å². The summed E-state index contributed by atoms with van der Waals surface area (Å²) in [5.74, 6) is -0.308. The minimum absolute atomic E-state index is 0.136. The van der Waals surface area contributed by atoms with Gasteiger partial charge in [0.15, 0.2) is 0 Å². The third-order valence-corrected chi connectivity index (χ3v) is 3.36. The molecule has 23 heavy (non-hydrogen) atoms. The molecule has 0 radical (unpaired) electrons. The van der Waals surface area contributed by atoms with Crippen LogP contribution in [-0.2, 0) is 17.9 Å². The molecule has 0 atom stereocenters. The lowest BCUT2D eigenvalue weighted by Gasteiger charge is -2.07. The number of benzene rings is 1. The summed E-state index contributed by atoms with van der Waals surface area (Å²) in [5, 5.41) is 8.02. The Morgan fingerprint density at radius 2 is 2.00 bits per heavy atom. The van der Waals surface area contributed by atoms with Crippen LogP contribution in [0.2, 0.25) is 0 Å². The number of nitrogens with zero attached hydrogens (tertiary/aromatic N) is 4. The molecule has 0 aliphatic heterocycles. The van der Waals surface area contributed by atoms with E-state index in [4.69, 9.17) is 0 Å². The summed E-state index contributed by atoms with van der Waals surface area (Å²) in [6.07, 6.45) is 4.82. The summed E-state index contributed by atoms with van der Waals surface area (Å²) in [6, 6.07) is 7.15. The smallest absolute Gasteiger partial charge is 0.275 e. The van der Waals surface area contributed by atoms with Gasteiger partial charge in [0.25, 0.3) is 5.56 Å². The highest BCUT2D eigenvalue weighted by Crippen LogP contribution is 2.06. The summed E-state index contributed by atoms with van der Waals surface area (Å²) in [5.41, 5.74) is 1.18. The fraction of sp³-hybridized carbons (Fsp3) is 0.188. The minimum Gasteiger partial charge on any atom is -0.349 e. The zero-order chi connectivity index (χ0) is 16.2. The van der Waals surface area contributed by atoms with Crippen LogP contribution < -0.4 is 10.9 Å². The second-order valence-electron chi connectivity index (χ2n) is 5.12. The second-order valence-corrected chi connectivity index (χ2v) is 5.12. The summed E-state index contributed by atoms with van der Waals surface area (Å²) >= 11 is 0. The van der Waals surface area contributed by atoms with E-state index < -0.39 is 0 Å². The summed E-state index contributed by atoms with van der Waals surface area (Å²) in [4.78, 5) is 32.5. The molecule has 0 spiro atoms. The van der Waals surface area contributed by atoms with Crippen LogP contribution in [0, 0.1) is 6.92 Å². The van der Waals surface area contributed by atoms with Gasteiger partial charge in [-0.05, 0) is 13.0 Å². The van der Waals surface area contributed by atoms with Gasteiger partial charge in [0.05, 0.1) is 35.7 Å². The number of amides is 1. The van der Waals surface area contributed by atoms with Gasteiger partial charge in [0.2, 0.25) is 5.91 Å². The molecule has 1 N–H and O–H groups in total. The van der Waals surface area contributed by atoms with Gasteiger partial charge in [-0.3, -0.25) is 19.6 Å². The van der Waals surface area contributed by atoms with Crippen molar-refractivity contribution in [1.82, 2.24) is 25.1 Å². The van der Waals surface area contributed by atoms with E-state index in [-0.39, 0.29) is 24.6 Å². The highest BCUT2D eigenvalue weighted by Gasteiger charge is 2.08. The molecule has 3 aromatic rings. The van der Waals surface area contributed by atoms with E-state index in [1.165, 1.54) is 0 Å². The minimum atomic E-state index is -0.308. The van der Waals surface area contributed by atoms with Crippen molar-refractivity contribution in [2.45, 2.75) is 20.0 Å². The summed E-state index contributed by atoms with van der Waals surface area (Å²) in [6.45, 7) is 1.96. The molecule has 0 aliphatic carbocycles. The van der Waals surface area contributed by atoms with E-state index in [0.717, 1.165) is 15.8 Å². The van der Waals surface area contributed by atoms with Crippen LogP contribution in [-0.4, -0.2) is 25.7 Å². The van der Waals surface area contributed by atoms with Crippen LogP contribution in [0.5, 0.6) is 0 Å². The summed E-state index contributed by atoms with van der Waals surface area (Å²) in [7, 11) is 0. The Balaban J connectivity index is 1.69. The second kappa shape index (κ2) is 6.35. The van der Waals surface area contributed by atoms with Crippen molar-refractivity contribution in [1.29, 1.82) is 0 Å². The number of aryl methyl sites for hydroxylation is 1. The van der Waals surface area contributed by atoms with Crippen LogP contribution in [0.4, 0.5) is 0 Å². The van der Waals surface area contributed by atoms with Crippen LogP contribution in [0.15, 0.2) is 47.7 Å². The fourth-order valence-electron chi connectivity index (χ4n) is 2.13. The van der Waals surface area contributed by atoms with Gasteiger partial charge in [-0.25, -0.2) is 4.68 Å². The van der Waals surface area contributed by atoms with Gasteiger partial charge in [-0.2, -0.15) is 5.10 Å². The first-order valence-corrected chi connectivity index (χ1v) is 7.12. The zero-order valence-corrected chi connectivity index (χ0v) is 12.6. The number of carbonyl (C=O) groups is 1. The standard InChI is InChI=1S/C16H15N5O2/c1-11-6-18-13(8-17-11)9-19-15(22)10-21-16(23)14-5-3-2-4-12(14)7-20-21/h2-8H,9-10H2,1H3,(H,19,22). The molecule has 3 rings (SSSR count). The highest BCUT2D eigenvalue weighted by atomic mass is 16.2. The number of hydrogen-bond donors (Lipinski definition) is 1. The maximum absolute atomic E-state index is 12.3. The van der Waals surface area contributed by atoms with Gasteiger partial charge in [0.1, 0.15) is 6.54 Å². The van der Waals surface area contributed by atoms with Gasteiger partial charge < -0.3 is 5.32 Å². The Morgan fingerprint density at radius 1 is 1.17 bits per heavy atom. The lowest BCUT2D eigenvalue weighted by atomic mass is 10.2. The molecule has 2 heterocycles. The molecule has 0 saturated carbocycles. The van der Waals surface area contributed by atoms with Gasteiger partial charge >= 0.3 is 0 Å². The Morgan fingerprint density at radius 3 is 2.78 bits per heavy atom. The number of fused-ring (bicyclic) bond motifs is 1. The summed E-state index contributed by atoms with van der Waals surface area (Å²) < 4.78 is 1.15. The van der Waals surface area contributed by atoms with E-state index in [9.17, 15) is 9.59 Å². The van der Waals surface area contributed by atoms with Gasteiger partial charge in [-0.1, -0.05) is 18.2 Å². The molecule has 0 bridgehead atoms. The number of hydrogen-bond acceptors (Lipinski definition) is 5. The fourth-order valence-corrected chi connectivity index (χ4v) is 2.13. The predicted octanol–water partition coefficient (Wildman–Crippen LogP) is 0.811. The van der Waals surface area contributed by atoms with Crippen molar-refractivity contribution in [3.05, 3.63) is 64.6 Å². The van der Waals surface area contributed by atoms with Crippen molar-refractivity contribution in [3.63, 3.8) is 0 Å². The van der Waals surface area contributed by atoms with Crippen molar-refractivity contribution >= 4 is 16.7 Å². The molecule has 0 aliphatic rings. The van der Waals surface area contributed by atoms with E-state index >= 15 is 0 Å². The van der Waals surface area contributed by atoms with Crippen LogP contribution >= 0.6 is 0 Å². The molecular formula is C16H15N5O2. The first kappa shape index (κ1) is 14.8. The Hall–Kier alpha value is -3.09. The Kier molecular flexibility index (Phi) is 4.09. The largest absolute Gasteiger partial charge is 0.349 e. The third-order valence-electron chi connectivity index (χ3n) is 3.36. The van der Waals surface area contributed by atoms with Crippen molar-refractivity contribution in [2.24, 2.45) is 0 Å². The molecule has 7 nitrogen and oxygen atoms in total. The van der Waals surface area contributed by atoms with E-state index in [1.807, 2.05) is 19.1 Å². The molecule has 2 aromatic heterocycles. The topological polar surface area (TPSA) is 89.8 Å². The van der Waals surface area contributed by atoms with Crippen molar-refractivity contribution < 1.29 is 4.79 Å². The Labute approximate surface area is 132 Å². The lowest BCUT2D eigenvalue weighted by Crippen LogP contribution is -2.33. The first-order valence-electron chi connectivity index (χ1n) is 7.12. The SMILES string of the molecule is Cc1cnc(CNC(=O)Cn2ncc3ccccc3c2=O)cn1. The average molecular weight is 309 g/mol. The molecule has 1 aromatic carbocycles. The van der Waals surface area contributed by atoms with E-state index in [0.29, 0.717) is 11.1 Å². The lowest BCUT2D eigenvalue weighted by molar-refractivity contribution is -0.122. The Bertz CT molecular complexity index is 902. The molecule has 0 unspecified atom stereocenters. The molecule has 1 amide bonds. The number of aromatic nitrogens is 4. The number of carbonyl (C=O) groups excluding carboxylic acids is 1. The monoisotopic (exact) mass is 309 g/mol. The van der Waals surface area contributed by atoms with Crippen LogP contribution in [0.3, 0.4) is 0 Å². The normalized spacial score (nSPS) is 10.7. The van der Waals surface area contributed by atoms with Gasteiger partial charge in [-0.15, -0.1) is 0 Å². The first-order chi connectivity index (χ1) is 11.1. The van der Waals surface area contributed by atoms with Crippen LogP contribution in [0.1, 0.15) is 11.4 Å².